The molecule has 38 heavy (non-hydrogen) atoms. The molecule has 4 rings (SSSR count). The average Bonchev–Trinajstić information content (AvgIpc) is 2.83. The Morgan fingerprint density at radius 3 is 1.03 bits per heavy atom. The van der Waals surface area contributed by atoms with Crippen LogP contribution in [0.15, 0.2) is 48.5 Å². The Morgan fingerprint density at radius 1 is 0.526 bits per heavy atom. The van der Waals surface area contributed by atoms with Crippen LogP contribution in [0, 0.1) is 10.8 Å². The number of hydrogen-bond donors (Lipinski definition) is 0. The summed E-state index contributed by atoms with van der Waals surface area (Å²) >= 11 is 0. The number of benzene rings is 2. The Morgan fingerprint density at radius 2 is 0.789 bits per heavy atom. The number of rotatable bonds is 7. The van der Waals surface area contributed by atoms with Gasteiger partial charge in [-0.1, -0.05) is 24.3 Å². The van der Waals surface area contributed by atoms with Crippen molar-refractivity contribution in [1.29, 1.82) is 0 Å². The minimum Gasteiger partial charge on any atom is -0.497 e. The van der Waals surface area contributed by atoms with Crippen LogP contribution in [0.25, 0.3) is 0 Å². The Bertz CT molecular complexity index is 1120. The third-order valence-electron chi connectivity index (χ3n) is 6.73. The smallest absolute Gasteiger partial charge is 0.328 e. The van der Waals surface area contributed by atoms with Gasteiger partial charge in [-0.05, 0) is 35.4 Å². The largest absolute Gasteiger partial charge is 0.497 e. The summed E-state index contributed by atoms with van der Waals surface area (Å²) in [6.45, 7) is 5.54. The zero-order valence-corrected chi connectivity index (χ0v) is 22.1. The number of esters is 4. The molecule has 202 valence electrons. The van der Waals surface area contributed by atoms with Gasteiger partial charge in [0.1, 0.15) is 11.5 Å². The maximum atomic E-state index is 13.9. The summed E-state index contributed by atoms with van der Waals surface area (Å²) in [4.78, 5) is 55.7. The molecule has 0 amide bonds. The molecule has 2 aliphatic rings. The topological polar surface area (TPSA) is 124 Å². The van der Waals surface area contributed by atoms with Crippen LogP contribution in [0.4, 0.5) is 0 Å². The molecule has 0 N–H and O–H groups in total. The molecule has 0 radical (unpaired) electrons. The van der Waals surface area contributed by atoms with Gasteiger partial charge in [0, 0.05) is 40.5 Å². The first-order valence-corrected chi connectivity index (χ1v) is 12.0. The Kier molecular flexibility index (Phi) is 6.63. The fraction of sp³-hybridized carbons (Fsp3) is 0.429. The van der Waals surface area contributed by atoms with E-state index in [1.807, 2.05) is 0 Å². The van der Waals surface area contributed by atoms with E-state index in [0.717, 1.165) is 0 Å². The highest BCUT2D eigenvalue weighted by Gasteiger charge is 2.77. The van der Waals surface area contributed by atoms with Crippen molar-refractivity contribution in [1.82, 2.24) is 0 Å². The van der Waals surface area contributed by atoms with Gasteiger partial charge in [0.25, 0.3) is 11.6 Å². The summed E-state index contributed by atoms with van der Waals surface area (Å²) in [6, 6.07) is 13.0. The van der Waals surface area contributed by atoms with Crippen LogP contribution in [0.2, 0.25) is 0 Å². The maximum Gasteiger partial charge on any atom is 0.328 e. The van der Waals surface area contributed by atoms with Crippen LogP contribution in [-0.4, -0.2) is 49.7 Å². The molecular weight excluding hydrogens is 496 g/mol. The van der Waals surface area contributed by atoms with Crippen molar-refractivity contribution in [3.05, 3.63) is 59.7 Å². The van der Waals surface area contributed by atoms with Gasteiger partial charge in [0.05, 0.1) is 14.2 Å². The molecule has 2 saturated heterocycles. The molecule has 10 nitrogen and oxygen atoms in total. The first-order chi connectivity index (χ1) is 17.8. The van der Waals surface area contributed by atoms with Gasteiger partial charge in [-0.2, -0.15) is 0 Å². The van der Waals surface area contributed by atoms with Gasteiger partial charge >= 0.3 is 23.9 Å². The average molecular weight is 527 g/mol. The number of cyclic esters (lactones) is 4. The van der Waals surface area contributed by atoms with E-state index in [9.17, 15) is 19.2 Å². The van der Waals surface area contributed by atoms with Crippen molar-refractivity contribution >= 4 is 23.9 Å². The second-order valence-corrected chi connectivity index (χ2v) is 10.2. The molecule has 2 aromatic carbocycles. The van der Waals surface area contributed by atoms with Crippen LogP contribution in [0.1, 0.15) is 38.8 Å². The first-order valence-electron chi connectivity index (χ1n) is 12.0. The van der Waals surface area contributed by atoms with Crippen LogP contribution in [-0.2, 0) is 51.0 Å². The number of methoxy groups -OCH3 is 2. The fourth-order valence-electron chi connectivity index (χ4n) is 4.84. The van der Waals surface area contributed by atoms with E-state index in [1.165, 1.54) is 41.9 Å². The Hall–Kier alpha value is -4.08. The third kappa shape index (κ3) is 4.44. The molecule has 0 unspecified atom stereocenters. The number of hydrogen-bond acceptors (Lipinski definition) is 10. The lowest BCUT2D eigenvalue weighted by Crippen LogP contribution is -2.71. The second kappa shape index (κ2) is 9.34. The molecule has 0 bridgehead atoms. The van der Waals surface area contributed by atoms with Gasteiger partial charge in [-0.3, -0.25) is 19.2 Å². The van der Waals surface area contributed by atoms with E-state index in [1.54, 1.807) is 48.5 Å². The number of carbonyl (C=O) groups excluding carboxylic acids is 4. The quantitative estimate of drug-likeness (QED) is 0.393. The van der Waals surface area contributed by atoms with Crippen molar-refractivity contribution < 1.29 is 47.6 Å². The summed E-state index contributed by atoms with van der Waals surface area (Å²) in [5.41, 5.74) is -4.05. The molecule has 2 aliphatic heterocycles. The van der Waals surface area contributed by atoms with E-state index in [2.05, 4.69) is 0 Å². The summed E-state index contributed by atoms with van der Waals surface area (Å²) < 4.78 is 32.6. The van der Waals surface area contributed by atoms with E-state index in [0.29, 0.717) is 22.6 Å². The lowest BCUT2D eigenvalue weighted by atomic mass is 9.57. The Labute approximate surface area is 220 Å². The zero-order valence-electron chi connectivity index (χ0n) is 22.1. The van der Waals surface area contributed by atoms with Gasteiger partial charge in [0.15, 0.2) is 10.8 Å². The summed E-state index contributed by atoms with van der Waals surface area (Å²) in [5, 5.41) is 0. The van der Waals surface area contributed by atoms with Gasteiger partial charge in [-0.15, -0.1) is 0 Å². The van der Waals surface area contributed by atoms with Crippen LogP contribution >= 0.6 is 0 Å². The molecule has 0 atom stereocenters. The standard InChI is InChI=1S/C28H30O10/c1-25(2)35-21(29)27(22(30)36-25,15-17-7-11-19(33-5)12-8-17)28(16-18-9-13-20(34-6)14-10-18)23(31)37-26(3,4)38-24(28)32/h7-14H,15-16H2,1-6H3. The van der Waals surface area contributed by atoms with Crippen molar-refractivity contribution in [3.8, 4) is 11.5 Å². The van der Waals surface area contributed by atoms with E-state index in [-0.39, 0.29) is 0 Å². The maximum absolute atomic E-state index is 13.9. The van der Waals surface area contributed by atoms with E-state index in [4.69, 9.17) is 28.4 Å². The van der Waals surface area contributed by atoms with Crippen LogP contribution < -0.4 is 9.47 Å². The molecule has 0 aliphatic carbocycles. The molecule has 10 heteroatoms. The van der Waals surface area contributed by atoms with Gasteiger partial charge in [-0.25, -0.2) is 0 Å². The predicted octanol–water partition coefficient (Wildman–Crippen LogP) is 3.13. The molecule has 2 heterocycles. The van der Waals surface area contributed by atoms with Gasteiger partial charge in [0.2, 0.25) is 0 Å². The highest BCUT2D eigenvalue weighted by molar-refractivity contribution is 6.16. The van der Waals surface area contributed by atoms with Crippen LogP contribution in [0.3, 0.4) is 0 Å². The highest BCUT2D eigenvalue weighted by Crippen LogP contribution is 2.54. The second-order valence-electron chi connectivity index (χ2n) is 10.2. The van der Waals surface area contributed by atoms with E-state index >= 15 is 0 Å². The normalized spacial score (nSPS) is 20.9. The van der Waals surface area contributed by atoms with Crippen molar-refractivity contribution in [2.24, 2.45) is 10.8 Å². The number of carbonyl (C=O) groups is 4. The monoisotopic (exact) mass is 526 g/mol. The molecule has 2 aromatic rings. The predicted molar refractivity (Wildman–Crippen MR) is 131 cm³/mol. The Balaban J connectivity index is 1.96. The molecule has 0 spiro atoms. The lowest BCUT2D eigenvalue weighted by molar-refractivity contribution is -0.283. The minimum absolute atomic E-state index is 0.411. The van der Waals surface area contributed by atoms with Crippen molar-refractivity contribution in [3.63, 3.8) is 0 Å². The van der Waals surface area contributed by atoms with Gasteiger partial charge < -0.3 is 28.4 Å². The summed E-state index contributed by atoms with van der Waals surface area (Å²) in [7, 11) is 2.99. The lowest BCUT2D eigenvalue weighted by Gasteiger charge is -2.51. The third-order valence-corrected chi connectivity index (χ3v) is 6.73. The SMILES string of the molecule is COc1ccc(CC2(C3(Cc4ccc(OC)cc4)C(=O)OC(C)(C)OC3=O)C(=O)OC(C)(C)OC2=O)cc1. The molecular formula is C28H30O10. The van der Waals surface area contributed by atoms with Crippen molar-refractivity contribution in [2.45, 2.75) is 52.1 Å². The van der Waals surface area contributed by atoms with Crippen molar-refractivity contribution in [2.75, 3.05) is 14.2 Å². The minimum atomic E-state index is -2.47. The molecule has 2 fully saturated rings. The molecule has 0 saturated carbocycles. The number of ether oxygens (including phenoxy) is 6. The first kappa shape index (κ1) is 27.0. The summed E-state index contributed by atoms with van der Waals surface area (Å²) in [6.07, 6.45) is -0.822. The van der Waals surface area contributed by atoms with Crippen LogP contribution in [0.5, 0.6) is 11.5 Å². The molecule has 0 aromatic heterocycles. The van der Waals surface area contributed by atoms with E-state index < -0.39 is 59.1 Å². The zero-order chi connectivity index (χ0) is 27.9. The highest BCUT2D eigenvalue weighted by atomic mass is 16.8. The fourth-order valence-corrected chi connectivity index (χ4v) is 4.84. The summed E-state index contributed by atoms with van der Waals surface area (Å²) in [5.74, 6) is -6.59.